The van der Waals surface area contributed by atoms with Gasteiger partial charge in [0.2, 0.25) is 0 Å². The summed E-state index contributed by atoms with van der Waals surface area (Å²) in [5, 5.41) is 11.3. The molecule has 1 amide bonds. The zero-order valence-corrected chi connectivity index (χ0v) is 11.9. The molecular weight excluding hydrogens is 280 g/mol. The van der Waals surface area contributed by atoms with Crippen molar-refractivity contribution in [2.24, 2.45) is 0 Å². The summed E-state index contributed by atoms with van der Waals surface area (Å²) in [6, 6.07) is 2.11. The minimum Gasteiger partial charge on any atom is -0.480 e. The van der Waals surface area contributed by atoms with Gasteiger partial charge in [-0.25, -0.2) is 13.6 Å². The number of nitrogens with one attached hydrogen (secondary N) is 1. The molecule has 0 fully saturated rings. The number of hydrogen-bond acceptors (Lipinski definition) is 2. The van der Waals surface area contributed by atoms with Crippen molar-refractivity contribution in [1.29, 1.82) is 0 Å². The molecule has 0 aliphatic rings. The van der Waals surface area contributed by atoms with Gasteiger partial charge in [-0.15, -0.1) is 0 Å². The van der Waals surface area contributed by atoms with Crippen LogP contribution < -0.4 is 5.32 Å². The van der Waals surface area contributed by atoms with Crippen molar-refractivity contribution in [3.05, 3.63) is 35.4 Å². The number of aliphatic carboxylic acids is 1. The Morgan fingerprint density at radius 1 is 1.24 bits per heavy atom. The van der Waals surface area contributed by atoms with Crippen LogP contribution >= 0.6 is 0 Å². The summed E-state index contributed by atoms with van der Waals surface area (Å²) in [5.41, 5.74) is -0.491. The van der Waals surface area contributed by atoms with Gasteiger partial charge in [0.15, 0.2) is 11.6 Å². The number of carbonyl (C=O) groups is 2. The van der Waals surface area contributed by atoms with Crippen LogP contribution in [-0.2, 0) is 4.79 Å². The minimum atomic E-state index is -1.27. The molecule has 6 heteroatoms. The molecule has 1 rings (SSSR count). The van der Waals surface area contributed by atoms with E-state index < -0.39 is 35.1 Å². The fraction of sp³-hybridized carbons (Fsp3) is 0.467. The van der Waals surface area contributed by atoms with E-state index in [1.54, 1.807) is 0 Å². The Morgan fingerprint density at radius 2 is 1.95 bits per heavy atom. The van der Waals surface area contributed by atoms with Gasteiger partial charge >= 0.3 is 5.97 Å². The molecule has 0 spiro atoms. The Hall–Kier alpha value is -1.98. The van der Waals surface area contributed by atoms with Crippen molar-refractivity contribution in [1.82, 2.24) is 5.32 Å². The SMILES string of the molecule is CCCCCC[C@@H](NC(=O)c1cccc(F)c1F)C(=O)O. The molecule has 0 saturated carbocycles. The molecule has 0 aliphatic heterocycles. The standard InChI is InChI=1S/C15H19F2NO3/c1-2-3-4-5-9-12(15(20)21)18-14(19)10-7-6-8-11(16)13(10)17/h6-8,12H,2-5,9H2,1H3,(H,18,19)(H,20,21)/t12-/m1/s1. The first-order chi connectivity index (χ1) is 9.97. The van der Waals surface area contributed by atoms with E-state index >= 15 is 0 Å². The van der Waals surface area contributed by atoms with Gasteiger partial charge in [0.25, 0.3) is 5.91 Å². The van der Waals surface area contributed by atoms with Crippen LogP contribution in [0.5, 0.6) is 0 Å². The molecule has 0 aromatic heterocycles. The maximum atomic E-state index is 13.5. The first-order valence-corrected chi connectivity index (χ1v) is 6.95. The Labute approximate surface area is 122 Å². The van der Waals surface area contributed by atoms with Crippen LogP contribution in [0.1, 0.15) is 49.4 Å². The third kappa shape index (κ3) is 5.13. The fourth-order valence-electron chi connectivity index (χ4n) is 1.95. The van der Waals surface area contributed by atoms with Crippen LogP contribution in [0.4, 0.5) is 8.78 Å². The summed E-state index contributed by atoms with van der Waals surface area (Å²) >= 11 is 0. The molecule has 0 radical (unpaired) electrons. The second kappa shape index (κ2) is 8.34. The lowest BCUT2D eigenvalue weighted by molar-refractivity contribution is -0.139. The molecule has 1 aromatic carbocycles. The second-order valence-corrected chi connectivity index (χ2v) is 4.81. The third-order valence-corrected chi connectivity index (χ3v) is 3.15. The molecule has 116 valence electrons. The Balaban J connectivity index is 2.68. The molecular formula is C15H19F2NO3. The van der Waals surface area contributed by atoms with Crippen LogP contribution in [0.15, 0.2) is 18.2 Å². The summed E-state index contributed by atoms with van der Waals surface area (Å²) in [5.74, 6) is -4.52. The van der Waals surface area contributed by atoms with Crippen LogP contribution in [0.2, 0.25) is 0 Å². The monoisotopic (exact) mass is 299 g/mol. The van der Waals surface area contributed by atoms with Gasteiger partial charge in [-0.2, -0.15) is 0 Å². The predicted molar refractivity (Wildman–Crippen MR) is 74.0 cm³/mol. The number of carboxylic acid groups (broad SMARTS) is 1. The number of amides is 1. The zero-order chi connectivity index (χ0) is 15.8. The molecule has 1 aromatic rings. The third-order valence-electron chi connectivity index (χ3n) is 3.15. The van der Waals surface area contributed by atoms with Crippen molar-refractivity contribution in [3.8, 4) is 0 Å². The normalized spacial score (nSPS) is 12.0. The highest BCUT2D eigenvalue weighted by Crippen LogP contribution is 2.12. The van der Waals surface area contributed by atoms with Crippen molar-refractivity contribution >= 4 is 11.9 Å². The minimum absolute atomic E-state index is 0.262. The Kier molecular flexibility index (Phi) is 6.78. The van der Waals surface area contributed by atoms with Crippen molar-refractivity contribution in [3.63, 3.8) is 0 Å². The van der Waals surface area contributed by atoms with Gasteiger partial charge < -0.3 is 10.4 Å². The Bertz CT molecular complexity index is 506. The average molecular weight is 299 g/mol. The smallest absolute Gasteiger partial charge is 0.326 e. The highest BCUT2D eigenvalue weighted by molar-refractivity contribution is 5.96. The van der Waals surface area contributed by atoms with Crippen molar-refractivity contribution in [2.45, 2.75) is 45.1 Å². The average Bonchev–Trinajstić information content (AvgIpc) is 2.44. The van der Waals surface area contributed by atoms with Gasteiger partial charge in [-0.05, 0) is 18.6 Å². The largest absolute Gasteiger partial charge is 0.480 e. The van der Waals surface area contributed by atoms with Gasteiger partial charge in [-0.3, -0.25) is 4.79 Å². The van der Waals surface area contributed by atoms with Crippen LogP contribution in [0.25, 0.3) is 0 Å². The van der Waals surface area contributed by atoms with E-state index in [2.05, 4.69) is 5.32 Å². The predicted octanol–water partition coefficient (Wildman–Crippen LogP) is 3.12. The Morgan fingerprint density at radius 3 is 2.57 bits per heavy atom. The second-order valence-electron chi connectivity index (χ2n) is 4.81. The first kappa shape index (κ1) is 17.1. The quantitative estimate of drug-likeness (QED) is 0.725. The molecule has 2 N–H and O–H groups in total. The highest BCUT2D eigenvalue weighted by Gasteiger charge is 2.22. The first-order valence-electron chi connectivity index (χ1n) is 6.95. The topological polar surface area (TPSA) is 66.4 Å². The van der Waals surface area contributed by atoms with Crippen LogP contribution in [0, 0.1) is 11.6 Å². The van der Waals surface area contributed by atoms with E-state index in [1.165, 1.54) is 6.07 Å². The molecule has 0 saturated heterocycles. The van der Waals surface area contributed by atoms with E-state index in [1.807, 2.05) is 6.92 Å². The molecule has 0 heterocycles. The number of halogens is 2. The molecule has 0 aliphatic carbocycles. The number of carbonyl (C=O) groups excluding carboxylic acids is 1. The molecule has 21 heavy (non-hydrogen) atoms. The zero-order valence-electron chi connectivity index (χ0n) is 11.9. The maximum Gasteiger partial charge on any atom is 0.326 e. The molecule has 1 atom stereocenters. The number of unbranched alkanes of at least 4 members (excludes halogenated alkanes) is 3. The van der Waals surface area contributed by atoms with E-state index in [-0.39, 0.29) is 6.42 Å². The van der Waals surface area contributed by atoms with Crippen LogP contribution in [-0.4, -0.2) is 23.0 Å². The lowest BCUT2D eigenvalue weighted by Crippen LogP contribution is -2.41. The molecule has 0 unspecified atom stereocenters. The van der Waals surface area contributed by atoms with Gasteiger partial charge in [0.05, 0.1) is 5.56 Å². The van der Waals surface area contributed by atoms with E-state index in [0.717, 1.165) is 31.4 Å². The van der Waals surface area contributed by atoms with Crippen LogP contribution in [0.3, 0.4) is 0 Å². The number of hydrogen-bond donors (Lipinski definition) is 2. The molecule has 4 nitrogen and oxygen atoms in total. The van der Waals surface area contributed by atoms with Gasteiger partial charge in [-0.1, -0.05) is 38.7 Å². The van der Waals surface area contributed by atoms with E-state index in [0.29, 0.717) is 6.42 Å². The summed E-state index contributed by atoms with van der Waals surface area (Å²) in [6.45, 7) is 2.03. The number of rotatable bonds is 8. The summed E-state index contributed by atoms with van der Waals surface area (Å²) in [4.78, 5) is 22.9. The summed E-state index contributed by atoms with van der Waals surface area (Å²) < 4.78 is 26.5. The highest BCUT2D eigenvalue weighted by atomic mass is 19.2. The summed E-state index contributed by atoms with van der Waals surface area (Å²) in [6.07, 6.45) is 3.77. The maximum absolute atomic E-state index is 13.5. The van der Waals surface area contributed by atoms with E-state index in [4.69, 9.17) is 5.11 Å². The number of carboxylic acids is 1. The lowest BCUT2D eigenvalue weighted by atomic mass is 10.1. The summed E-state index contributed by atoms with van der Waals surface area (Å²) in [7, 11) is 0. The van der Waals surface area contributed by atoms with Gasteiger partial charge in [0, 0.05) is 0 Å². The molecule has 0 bridgehead atoms. The van der Waals surface area contributed by atoms with E-state index in [9.17, 15) is 18.4 Å². The van der Waals surface area contributed by atoms with Crippen molar-refractivity contribution in [2.75, 3.05) is 0 Å². The lowest BCUT2D eigenvalue weighted by Gasteiger charge is -2.14. The number of benzene rings is 1. The van der Waals surface area contributed by atoms with Crippen molar-refractivity contribution < 1.29 is 23.5 Å². The van der Waals surface area contributed by atoms with Gasteiger partial charge in [0.1, 0.15) is 6.04 Å². The fourth-order valence-corrected chi connectivity index (χ4v) is 1.95.